The zero-order valence-electron chi connectivity index (χ0n) is 14.7. The number of carbonyl (C=O) groups excluding carboxylic acids is 1. The van der Waals surface area contributed by atoms with Crippen LogP contribution in [0.5, 0.6) is 0 Å². The molecule has 10 nitrogen and oxygen atoms in total. The summed E-state index contributed by atoms with van der Waals surface area (Å²) in [6, 6.07) is 4.35. The van der Waals surface area contributed by atoms with Crippen LogP contribution in [0.2, 0.25) is 0 Å². The van der Waals surface area contributed by atoms with E-state index in [1.165, 1.54) is 12.1 Å². The number of H-pyrrole nitrogens is 1. The maximum absolute atomic E-state index is 11.6. The summed E-state index contributed by atoms with van der Waals surface area (Å²) in [5, 5.41) is 40.7. The molecule has 26 heavy (non-hydrogen) atoms. The van der Waals surface area contributed by atoms with Crippen molar-refractivity contribution in [1.82, 2.24) is 15.5 Å². The molecular formula is C16H22N4O6. The number of fused-ring (bicyclic) bond motifs is 1. The summed E-state index contributed by atoms with van der Waals surface area (Å²) in [7, 11) is 0. The SMILES string of the molecule is CC(C)(C)OC(=O)NCCC(O)C(O)c1[nH]nc2c([N+](=O)[O-])cccc12. The van der Waals surface area contributed by atoms with Gasteiger partial charge in [-0.25, -0.2) is 4.79 Å². The largest absolute Gasteiger partial charge is 0.444 e. The molecule has 0 aliphatic heterocycles. The first-order chi connectivity index (χ1) is 12.1. The van der Waals surface area contributed by atoms with Crippen LogP contribution >= 0.6 is 0 Å². The van der Waals surface area contributed by atoms with Gasteiger partial charge in [-0.15, -0.1) is 0 Å². The smallest absolute Gasteiger partial charge is 0.407 e. The number of alkyl carbamates (subject to hydrolysis) is 1. The van der Waals surface area contributed by atoms with Gasteiger partial charge < -0.3 is 20.3 Å². The van der Waals surface area contributed by atoms with Gasteiger partial charge in [0.15, 0.2) is 5.52 Å². The number of benzene rings is 1. The number of amides is 1. The molecule has 0 bridgehead atoms. The van der Waals surface area contributed by atoms with Gasteiger partial charge in [0.05, 0.1) is 16.7 Å². The minimum absolute atomic E-state index is 0.0514. The van der Waals surface area contributed by atoms with Crippen LogP contribution in [-0.2, 0) is 4.74 Å². The van der Waals surface area contributed by atoms with Gasteiger partial charge in [0.25, 0.3) is 5.69 Å². The lowest BCUT2D eigenvalue weighted by Crippen LogP contribution is -2.34. The summed E-state index contributed by atoms with van der Waals surface area (Å²) in [6.07, 6.45) is -3.13. The number of rotatable bonds is 6. The first kappa shape index (κ1) is 19.6. The van der Waals surface area contributed by atoms with Crippen molar-refractivity contribution in [3.8, 4) is 0 Å². The van der Waals surface area contributed by atoms with Gasteiger partial charge in [0.1, 0.15) is 11.7 Å². The second-order valence-corrected chi connectivity index (χ2v) is 6.80. The molecule has 2 rings (SSSR count). The molecule has 1 aromatic heterocycles. The molecule has 1 aromatic carbocycles. The third-order valence-corrected chi connectivity index (χ3v) is 3.56. The van der Waals surface area contributed by atoms with Crippen molar-refractivity contribution in [3.05, 3.63) is 34.0 Å². The average molecular weight is 366 g/mol. The number of nitro benzene ring substituents is 1. The Kier molecular flexibility index (Phi) is 5.78. The number of nitrogens with zero attached hydrogens (tertiary/aromatic N) is 2. The van der Waals surface area contributed by atoms with Gasteiger partial charge in [0.2, 0.25) is 0 Å². The number of non-ortho nitro benzene ring substituents is 1. The predicted molar refractivity (Wildman–Crippen MR) is 92.6 cm³/mol. The van der Waals surface area contributed by atoms with Gasteiger partial charge in [-0.1, -0.05) is 12.1 Å². The van der Waals surface area contributed by atoms with Gasteiger partial charge in [-0.05, 0) is 27.2 Å². The van der Waals surface area contributed by atoms with E-state index in [9.17, 15) is 25.1 Å². The summed E-state index contributed by atoms with van der Waals surface area (Å²) >= 11 is 0. The highest BCUT2D eigenvalue weighted by Crippen LogP contribution is 2.30. The molecule has 1 heterocycles. The Labute approximate surface area is 149 Å². The van der Waals surface area contributed by atoms with Crippen LogP contribution in [0.25, 0.3) is 10.9 Å². The second-order valence-electron chi connectivity index (χ2n) is 6.80. The molecule has 0 saturated heterocycles. The normalized spacial score (nSPS) is 14.0. The van der Waals surface area contributed by atoms with Crippen LogP contribution < -0.4 is 5.32 Å². The third-order valence-electron chi connectivity index (χ3n) is 3.56. The van der Waals surface area contributed by atoms with Crippen LogP contribution in [0.15, 0.2) is 18.2 Å². The number of aliphatic hydroxyl groups is 2. The summed E-state index contributed by atoms with van der Waals surface area (Å²) in [5.74, 6) is 0. The quantitative estimate of drug-likeness (QED) is 0.449. The van der Waals surface area contributed by atoms with E-state index in [2.05, 4.69) is 15.5 Å². The highest BCUT2D eigenvalue weighted by atomic mass is 16.6. The predicted octanol–water partition coefficient (Wildman–Crippen LogP) is 1.78. The van der Waals surface area contributed by atoms with Crippen molar-refractivity contribution < 1.29 is 24.7 Å². The van der Waals surface area contributed by atoms with E-state index in [0.29, 0.717) is 5.39 Å². The highest BCUT2D eigenvalue weighted by molar-refractivity contribution is 5.89. The zero-order valence-corrected chi connectivity index (χ0v) is 14.7. The van der Waals surface area contributed by atoms with Gasteiger partial charge in [0, 0.05) is 18.0 Å². The molecular weight excluding hydrogens is 344 g/mol. The summed E-state index contributed by atoms with van der Waals surface area (Å²) in [6.45, 7) is 5.27. The van der Waals surface area contributed by atoms with E-state index in [4.69, 9.17) is 4.74 Å². The monoisotopic (exact) mass is 366 g/mol. The van der Waals surface area contributed by atoms with E-state index >= 15 is 0 Å². The minimum Gasteiger partial charge on any atom is -0.444 e. The Bertz CT molecular complexity index is 798. The van der Waals surface area contributed by atoms with Crippen molar-refractivity contribution >= 4 is 22.7 Å². The number of hydrogen-bond acceptors (Lipinski definition) is 7. The Morgan fingerprint density at radius 2 is 2.12 bits per heavy atom. The standard InChI is InChI=1S/C16H22N4O6/c1-16(2,3)26-15(23)17-8-7-11(21)14(22)13-9-5-4-6-10(20(24)25)12(9)18-19-13/h4-6,11,14,21-22H,7-8H2,1-3H3,(H,17,23)(H,18,19). The van der Waals surface area contributed by atoms with Crippen molar-refractivity contribution in [2.45, 2.75) is 45.0 Å². The van der Waals surface area contributed by atoms with Crippen LogP contribution in [0.3, 0.4) is 0 Å². The molecule has 0 aliphatic rings. The Morgan fingerprint density at radius 1 is 1.42 bits per heavy atom. The fourth-order valence-corrected chi connectivity index (χ4v) is 2.40. The maximum Gasteiger partial charge on any atom is 0.407 e. The van der Waals surface area contributed by atoms with E-state index in [0.717, 1.165) is 0 Å². The molecule has 0 saturated carbocycles. The number of nitro groups is 1. The maximum atomic E-state index is 11.6. The molecule has 142 valence electrons. The minimum atomic E-state index is -1.34. The van der Waals surface area contributed by atoms with Gasteiger partial charge in [-0.3, -0.25) is 15.2 Å². The van der Waals surface area contributed by atoms with E-state index < -0.39 is 28.8 Å². The first-order valence-corrected chi connectivity index (χ1v) is 8.04. The molecule has 2 atom stereocenters. The number of nitrogens with one attached hydrogen (secondary N) is 2. The lowest BCUT2D eigenvalue weighted by atomic mass is 10.0. The second kappa shape index (κ2) is 7.67. The van der Waals surface area contributed by atoms with E-state index in [1.54, 1.807) is 26.8 Å². The number of ether oxygens (including phenoxy) is 1. The summed E-state index contributed by atoms with van der Waals surface area (Å²) < 4.78 is 5.07. The number of hydrogen-bond donors (Lipinski definition) is 4. The van der Waals surface area contributed by atoms with Crippen LogP contribution in [-0.4, -0.2) is 49.7 Å². The molecule has 0 radical (unpaired) electrons. The Hall–Kier alpha value is -2.72. The summed E-state index contributed by atoms with van der Waals surface area (Å²) in [5.41, 5.74) is -0.552. The molecule has 1 amide bonds. The Balaban J connectivity index is 2.01. The first-order valence-electron chi connectivity index (χ1n) is 8.04. The van der Waals surface area contributed by atoms with Gasteiger partial charge >= 0.3 is 6.09 Å². The molecule has 2 aromatic rings. The number of para-hydroxylation sites is 1. The number of aromatic amines is 1. The highest BCUT2D eigenvalue weighted by Gasteiger charge is 2.25. The topological polar surface area (TPSA) is 151 Å². The van der Waals surface area contributed by atoms with Gasteiger partial charge in [-0.2, -0.15) is 5.10 Å². The molecule has 10 heteroatoms. The molecule has 0 aliphatic carbocycles. The molecule has 2 unspecified atom stereocenters. The molecule has 4 N–H and O–H groups in total. The van der Waals surface area contributed by atoms with Crippen molar-refractivity contribution in [2.75, 3.05) is 6.54 Å². The fourth-order valence-electron chi connectivity index (χ4n) is 2.40. The fraction of sp³-hybridized carbons (Fsp3) is 0.500. The number of aromatic nitrogens is 2. The van der Waals surface area contributed by atoms with E-state index in [1.807, 2.05) is 0 Å². The number of carbonyl (C=O) groups is 1. The Morgan fingerprint density at radius 3 is 2.73 bits per heavy atom. The lowest BCUT2D eigenvalue weighted by Gasteiger charge is -2.21. The molecule has 0 spiro atoms. The van der Waals surface area contributed by atoms with Crippen LogP contribution in [0.4, 0.5) is 10.5 Å². The van der Waals surface area contributed by atoms with Crippen LogP contribution in [0, 0.1) is 10.1 Å². The average Bonchev–Trinajstić information content (AvgIpc) is 2.95. The zero-order chi connectivity index (χ0) is 19.5. The summed E-state index contributed by atoms with van der Waals surface area (Å²) in [4.78, 5) is 22.0. The molecule has 0 fully saturated rings. The van der Waals surface area contributed by atoms with Crippen molar-refractivity contribution in [1.29, 1.82) is 0 Å². The van der Waals surface area contributed by atoms with Crippen LogP contribution in [0.1, 0.15) is 39.0 Å². The van der Waals surface area contributed by atoms with Crippen molar-refractivity contribution in [2.24, 2.45) is 0 Å². The van der Waals surface area contributed by atoms with Crippen molar-refractivity contribution in [3.63, 3.8) is 0 Å². The lowest BCUT2D eigenvalue weighted by molar-refractivity contribution is -0.383. The number of aliphatic hydroxyl groups excluding tert-OH is 2. The third kappa shape index (κ3) is 4.67. The van der Waals surface area contributed by atoms with E-state index in [-0.39, 0.29) is 29.9 Å².